The van der Waals surface area contributed by atoms with Crippen LogP contribution in [0.3, 0.4) is 0 Å². The van der Waals surface area contributed by atoms with Crippen molar-refractivity contribution in [1.29, 1.82) is 0 Å². The lowest BCUT2D eigenvalue weighted by atomic mass is 10.1. The van der Waals surface area contributed by atoms with Gasteiger partial charge in [-0.3, -0.25) is 0 Å². The van der Waals surface area contributed by atoms with Gasteiger partial charge in [-0.15, -0.1) is 0 Å². The molecule has 1 rings (SSSR count). The summed E-state index contributed by atoms with van der Waals surface area (Å²) in [5.41, 5.74) is 1.38. The summed E-state index contributed by atoms with van der Waals surface area (Å²) in [6.07, 6.45) is 6.68. The van der Waals surface area contributed by atoms with Crippen LogP contribution < -0.4 is 0 Å². The van der Waals surface area contributed by atoms with E-state index in [1.807, 2.05) is 6.08 Å². The third kappa shape index (κ3) is 2.11. The molecule has 0 bridgehead atoms. The predicted octanol–water partition coefficient (Wildman–Crippen LogP) is 2.56. The zero-order chi connectivity index (χ0) is 8.27. The van der Waals surface area contributed by atoms with Crippen molar-refractivity contribution in [3.63, 3.8) is 0 Å². The average Bonchev–Trinajstić information content (AvgIpc) is 2.05. The van der Waals surface area contributed by atoms with Crippen LogP contribution in [-0.2, 0) is 0 Å². The normalized spacial score (nSPS) is 18.5. The molecule has 0 aromatic heterocycles. The van der Waals surface area contributed by atoms with Gasteiger partial charge in [0.25, 0.3) is 0 Å². The molecule has 62 valence electrons. The minimum atomic E-state index is 0.630. The SMILES string of the molecule is C=CC1=CN(C(C)C)CCC1. The quantitative estimate of drug-likeness (QED) is 0.586. The summed E-state index contributed by atoms with van der Waals surface area (Å²) in [6, 6.07) is 0.630. The largest absolute Gasteiger partial charge is 0.375 e. The topological polar surface area (TPSA) is 3.24 Å². The van der Waals surface area contributed by atoms with Gasteiger partial charge in [0.15, 0.2) is 0 Å². The molecule has 0 saturated heterocycles. The zero-order valence-corrected chi connectivity index (χ0v) is 7.51. The lowest BCUT2D eigenvalue weighted by Crippen LogP contribution is -2.29. The summed E-state index contributed by atoms with van der Waals surface area (Å²) >= 11 is 0. The Bertz CT molecular complexity index is 168. The fourth-order valence-corrected chi connectivity index (χ4v) is 1.37. The van der Waals surface area contributed by atoms with Crippen LogP contribution in [0.2, 0.25) is 0 Å². The summed E-state index contributed by atoms with van der Waals surface area (Å²) in [5, 5.41) is 0. The molecule has 0 saturated carbocycles. The van der Waals surface area contributed by atoms with Gasteiger partial charge in [-0.2, -0.15) is 0 Å². The Labute approximate surface area is 69.4 Å². The highest BCUT2D eigenvalue weighted by molar-refractivity contribution is 5.17. The van der Waals surface area contributed by atoms with Crippen molar-refractivity contribution in [2.24, 2.45) is 0 Å². The summed E-state index contributed by atoms with van der Waals surface area (Å²) in [4.78, 5) is 2.38. The van der Waals surface area contributed by atoms with Crippen molar-refractivity contribution in [3.8, 4) is 0 Å². The van der Waals surface area contributed by atoms with Crippen LogP contribution in [0, 0.1) is 0 Å². The smallest absolute Gasteiger partial charge is 0.0227 e. The van der Waals surface area contributed by atoms with E-state index in [-0.39, 0.29) is 0 Å². The maximum Gasteiger partial charge on any atom is 0.0227 e. The highest BCUT2D eigenvalue weighted by Gasteiger charge is 2.09. The molecule has 0 unspecified atom stereocenters. The monoisotopic (exact) mass is 151 g/mol. The van der Waals surface area contributed by atoms with E-state index in [0.29, 0.717) is 6.04 Å². The second-order valence-electron chi connectivity index (χ2n) is 3.34. The van der Waals surface area contributed by atoms with Crippen LogP contribution in [0.15, 0.2) is 24.4 Å². The van der Waals surface area contributed by atoms with E-state index in [9.17, 15) is 0 Å². The molecule has 0 radical (unpaired) electrons. The summed E-state index contributed by atoms with van der Waals surface area (Å²) in [7, 11) is 0. The van der Waals surface area contributed by atoms with Gasteiger partial charge in [0.1, 0.15) is 0 Å². The molecule has 0 aromatic carbocycles. The first kappa shape index (κ1) is 8.38. The minimum Gasteiger partial charge on any atom is -0.375 e. The molecule has 0 amide bonds. The molecular weight excluding hydrogens is 134 g/mol. The Hall–Kier alpha value is -0.720. The number of nitrogens with zero attached hydrogens (tertiary/aromatic N) is 1. The van der Waals surface area contributed by atoms with Crippen LogP contribution in [-0.4, -0.2) is 17.5 Å². The van der Waals surface area contributed by atoms with E-state index in [4.69, 9.17) is 0 Å². The molecule has 0 aromatic rings. The lowest BCUT2D eigenvalue weighted by Gasteiger charge is -2.29. The minimum absolute atomic E-state index is 0.630. The number of hydrogen-bond acceptors (Lipinski definition) is 1. The van der Waals surface area contributed by atoms with Gasteiger partial charge in [0, 0.05) is 18.8 Å². The van der Waals surface area contributed by atoms with Gasteiger partial charge in [-0.05, 0) is 32.3 Å². The molecule has 0 N–H and O–H groups in total. The van der Waals surface area contributed by atoms with E-state index in [2.05, 4.69) is 31.5 Å². The van der Waals surface area contributed by atoms with Gasteiger partial charge in [-0.1, -0.05) is 12.7 Å². The van der Waals surface area contributed by atoms with Gasteiger partial charge in [-0.25, -0.2) is 0 Å². The van der Waals surface area contributed by atoms with Crippen molar-refractivity contribution in [3.05, 3.63) is 24.4 Å². The first-order chi connectivity index (χ1) is 5.24. The highest BCUT2D eigenvalue weighted by atomic mass is 15.1. The molecule has 0 spiro atoms. The highest BCUT2D eigenvalue weighted by Crippen LogP contribution is 2.16. The van der Waals surface area contributed by atoms with Crippen LogP contribution in [0.25, 0.3) is 0 Å². The van der Waals surface area contributed by atoms with Crippen molar-refractivity contribution in [1.82, 2.24) is 4.90 Å². The van der Waals surface area contributed by atoms with Crippen molar-refractivity contribution < 1.29 is 0 Å². The Kier molecular flexibility index (Phi) is 2.75. The van der Waals surface area contributed by atoms with Crippen LogP contribution in [0.4, 0.5) is 0 Å². The summed E-state index contributed by atoms with van der Waals surface area (Å²) in [5.74, 6) is 0. The van der Waals surface area contributed by atoms with Gasteiger partial charge >= 0.3 is 0 Å². The summed E-state index contributed by atoms with van der Waals surface area (Å²) in [6.45, 7) is 9.44. The molecule has 0 aliphatic carbocycles. The summed E-state index contributed by atoms with van der Waals surface area (Å²) < 4.78 is 0. The predicted molar refractivity (Wildman–Crippen MR) is 49.4 cm³/mol. The number of allylic oxidation sites excluding steroid dienone is 2. The van der Waals surface area contributed by atoms with Crippen molar-refractivity contribution in [2.45, 2.75) is 32.7 Å². The van der Waals surface area contributed by atoms with Gasteiger partial charge in [0.05, 0.1) is 0 Å². The maximum atomic E-state index is 3.78. The van der Waals surface area contributed by atoms with Crippen LogP contribution in [0.5, 0.6) is 0 Å². The Morgan fingerprint density at radius 2 is 2.36 bits per heavy atom. The Morgan fingerprint density at radius 3 is 2.91 bits per heavy atom. The van der Waals surface area contributed by atoms with Crippen molar-refractivity contribution in [2.75, 3.05) is 6.54 Å². The maximum absolute atomic E-state index is 3.78. The standard InChI is InChI=1S/C10H17N/c1-4-10-6-5-7-11(8-10)9(2)3/h4,8-9H,1,5-7H2,2-3H3. The molecule has 0 atom stereocenters. The third-order valence-electron chi connectivity index (χ3n) is 2.14. The fourth-order valence-electron chi connectivity index (χ4n) is 1.37. The second-order valence-corrected chi connectivity index (χ2v) is 3.34. The number of hydrogen-bond donors (Lipinski definition) is 0. The van der Waals surface area contributed by atoms with Crippen LogP contribution in [0.1, 0.15) is 26.7 Å². The van der Waals surface area contributed by atoms with E-state index >= 15 is 0 Å². The second kappa shape index (κ2) is 3.61. The molecule has 1 heteroatoms. The van der Waals surface area contributed by atoms with Crippen LogP contribution >= 0.6 is 0 Å². The zero-order valence-electron chi connectivity index (χ0n) is 7.51. The molecule has 1 nitrogen and oxygen atoms in total. The molecular formula is C10H17N. The van der Waals surface area contributed by atoms with E-state index in [1.54, 1.807) is 0 Å². The molecule has 1 heterocycles. The molecule has 1 aliphatic rings. The average molecular weight is 151 g/mol. The third-order valence-corrected chi connectivity index (χ3v) is 2.14. The molecule has 11 heavy (non-hydrogen) atoms. The Morgan fingerprint density at radius 1 is 1.64 bits per heavy atom. The van der Waals surface area contributed by atoms with E-state index in [0.717, 1.165) is 0 Å². The van der Waals surface area contributed by atoms with Gasteiger partial charge in [0.2, 0.25) is 0 Å². The fraction of sp³-hybridized carbons (Fsp3) is 0.600. The molecule has 1 aliphatic heterocycles. The van der Waals surface area contributed by atoms with E-state index in [1.165, 1.54) is 25.0 Å². The first-order valence-electron chi connectivity index (χ1n) is 4.33. The lowest BCUT2D eigenvalue weighted by molar-refractivity contribution is 0.292. The van der Waals surface area contributed by atoms with Crippen molar-refractivity contribution >= 4 is 0 Å². The number of rotatable bonds is 2. The Balaban J connectivity index is 2.62. The first-order valence-corrected chi connectivity index (χ1v) is 4.33. The van der Waals surface area contributed by atoms with Gasteiger partial charge < -0.3 is 4.90 Å². The molecule has 0 fully saturated rings. The van der Waals surface area contributed by atoms with E-state index < -0.39 is 0 Å².